The lowest BCUT2D eigenvalue weighted by Crippen LogP contribution is -2.42. The minimum atomic E-state index is -0.108. The molecule has 1 saturated heterocycles. The van der Waals surface area contributed by atoms with Crippen LogP contribution in [0.2, 0.25) is 0 Å². The molecule has 2 aliphatic heterocycles. The first kappa shape index (κ1) is 20.7. The van der Waals surface area contributed by atoms with Crippen molar-refractivity contribution in [2.24, 2.45) is 0 Å². The van der Waals surface area contributed by atoms with E-state index in [0.717, 1.165) is 73.5 Å². The van der Waals surface area contributed by atoms with Gasteiger partial charge in [-0.15, -0.1) is 10.2 Å². The fourth-order valence-corrected chi connectivity index (χ4v) is 4.61. The first-order valence-electron chi connectivity index (χ1n) is 11.6. The second-order valence-corrected chi connectivity index (χ2v) is 8.62. The number of aromatic nitrogens is 5. The molecule has 5 rings (SSSR count). The maximum absolute atomic E-state index is 13.4. The van der Waals surface area contributed by atoms with E-state index in [1.807, 2.05) is 36.9 Å². The third kappa shape index (κ3) is 3.87. The van der Waals surface area contributed by atoms with E-state index in [2.05, 4.69) is 30.2 Å². The lowest BCUT2D eigenvalue weighted by atomic mass is 10.0. The van der Waals surface area contributed by atoms with Crippen LogP contribution in [0.15, 0.2) is 22.7 Å². The van der Waals surface area contributed by atoms with Gasteiger partial charge in [0.25, 0.3) is 5.89 Å². The van der Waals surface area contributed by atoms with E-state index in [-0.39, 0.29) is 12.1 Å². The third-order valence-electron chi connectivity index (χ3n) is 6.46. The number of aryl methyl sites for hydroxylation is 3. The van der Waals surface area contributed by atoms with Crippen molar-refractivity contribution in [1.29, 1.82) is 0 Å². The van der Waals surface area contributed by atoms with Gasteiger partial charge in [0, 0.05) is 37.2 Å². The summed E-state index contributed by atoms with van der Waals surface area (Å²) < 4.78 is 7.60. The predicted molar refractivity (Wildman–Crippen MR) is 119 cm³/mol. The Bertz CT molecular complexity index is 1120. The summed E-state index contributed by atoms with van der Waals surface area (Å²) in [5.41, 5.74) is 2.52. The van der Waals surface area contributed by atoms with Crippen LogP contribution < -0.4 is 5.32 Å². The fourth-order valence-electron chi connectivity index (χ4n) is 4.61. The number of amides is 2. The Labute approximate surface area is 187 Å². The molecule has 2 aliphatic rings. The highest BCUT2D eigenvalue weighted by atomic mass is 16.5. The Kier molecular flexibility index (Phi) is 5.63. The minimum Gasteiger partial charge on any atom is -0.334 e. The standard InChI is InChI=1S/C23H29N7O2/c1-3-19-25-22(32-28-19)16-11-10-15(2)17(14-16)24-23(31)29-12-6-4-8-18(29)21-27-26-20-9-5-7-13-30(20)21/h10-11,14,18H,3-9,12-13H2,1-2H3,(H,24,31)/t18-/m0/s1. The molecular weight excluding hydrogens is 406 g/mol. The Morgan fingerprint density at radius 2 is 2.06 bits per heavy atom. The SMILES string of the molecule is CCc1noc(-c2ccc(C)c(NC(=O)N3CCCC[C@H]3c3nnc4n3CCCC4)c2)n1. The summed E-state index contributed by atoms with van der Waals surface area (Å²) in [6, 6.07) is 5.64. The first-order chi connectivity index (χ1) is 15.6. The number of nitrogens with zero attached hydrogens (tertiary/aromatic N) is 6. The summed E-state index contributed by atoms with van der Waals surface area (Å²) in [6.07, 6.45) is 6.95. The molecular formula is C23H29N7O2. The van der Waals surface area contributed by atoms with Crippen molar-refractivity contribution >= 4 is 11.7 Å². The number of benzene rings is 1. The zero-order valence-corrected chi connectivity index (χ0v) is 18.7. The van der Waals surface area contributed by atoms with Crippen molar-refractivity contribution in [1.82, 2.24) is 29.8 Å². The molecule has 1 aromatic carbocycles. The highest BCUT2D eigenvalue weighted by Crippen LogP contribution is 2.33. The van der Waals surface area contributed by atoms with Gasteiger partial charge in [0.05, 0.1) is 6.04 Å². The van der Waals surface area contributed by atoms with Gasteiger partial charge in [0.1, 0.15) is 5.82 Å². The summed E-state index contributed by atoms with van der Waals surface area (Å²) in [4.78, 5) is 19.7. The number of piperidine rings is 1. The van der Waals surface area contributed by atoms with Crippen molar-refractivity contribution in [3.8, 4) is 11.5 Å². The van der Waals surface area contributed by atoms with Gasteiger partial charge in [-0.2, -0.15) is 4.98 Å². The van der Waals surface area contributed by atoms with Crippen molar-refractivity contribution in [2.75, 3.05) is 11.9 Å². The van der Waals surface area contributed by atoms with Gasteiger partial charge in [-0.3, -0.25) is 0 Å². The van der Waals surface area contributed by atoms with E-state index in [9.17, 15) is 4.79 Å². The van der Waals surface area contributed by atoms with Crippen molar-refractivity contribution in [3.63, 3.8) is 0 Å². The number of rotatable bonds is 4. The quantitative estimate of drug-likeness (QED) is 0.656. The lowest BCUT2D eigenvalue weighted by Gasteiger charge is -2.35. The van der Waals surface area contributed by atoms with E-state index in [4.69, 9.17) is 4.52 Å². The molecule has 0 spiro atoms. The second kappa shape index (κ2) is 8.72. The van der Waals surface area contributed by atoms with Gasteiger partial charge in [-0.25, -0.2) is 4.79 Å². The zero-order valence-electron chi connectivity index (χ0n) is 18.7. The molecule has 1 N–H and O–H groups in total. The molecule has 3 aromatic rings. The summed E-state index contributed by atoms with van der Waals surface area (Å²) >= 11 is 0. The van der Waals surface area contributed by atoms with Gasteiger partial charge in [0.2, 0.25) is 0 Å². The highest BCUT2D eigenvalue weighted by molar-refractivity contribution is 5.91. The number of nitrogens with one attached hydrogen (secondary N) is 1. The number of carbonyl (C=O) groups excluding carboxylic acids is 1. The van der Waals surface area contributed by atoms with Crippen LogP contribution in [0, 0.1) is 6.92 Å². The number of hydrogen-bond donors (Lipinski definition) is 1. The molecule has 32 heavy (non-hydrogen) atoms. The smallest absolute Gasteiger partial charge is 0.322 e. The Morgan fingerprint density at radius 1 is 1.19 bits per heavy atom. The summed E-state index contributed by atoms with van der Waals surface area (Å²) in [6.45, 7) is 5.61. The first-order valence-corrected chi connectivity index (χ1v) is 11.6. The number of carbonyl (C=O) groups is 1. The lowest BCUT2D eigenvalue weighted by molar-refractivity contribution is 0.156. The van der Waals surface area contributed by atoms with Crippen molar-refractivity contribution in [3.05, 3.63) is 41.2 Å². The Balaban J connectivity index is 1.38. The van der Waals surface area contributed by atoms with Crippen LogP contribution in [0.25, 0.3) is 11.5 Å². The molecule has 0 radical (unpaired) electrons. The van der Waals surface area contributed by atoms with Crippen LogP contribution in [0.3, 0.4) is 0 Å². The highest BCUT2D eigenvalue weighted by Gasteiger charge is 2.33. The van der Waals surface area contributed by atoms with Gasteiger partial charge in [-0.05, 0) is 56.7 Å². The minimum absolute atomic E-state index is 0.0466. The van der Waals surface area contributed by atoms with E-state index < -0.39 is 0 Å². The molecule has 9 heteroatoms. The molecule has 1 atom stereocenters. The molecule has 9 nitrogen and oxygen atoms in total. The van der Waals surface area contributed by atoms with Crippen LogP contribution in [-0.4, -0.2) is 42.4 Å². The van der Waals surface area contributed by atoms with Crippen LogP contribution in [0.5, 0.6) is 0 Å². The molecule has 1 fully saturated rings. The molecule has 0 unspecified atom stereocenters. The van der Waals surface area contributed by atoms with Gasteiger partial charge in [0.15, 0.2) is 11.6 Å². The van der Waals surface area contributed by atoms with E-state index in [0.29, 0.717) is 24.7 Å². The van der Waals surface area contributed by atoms with E-state index in [1.165, 1.54) is 0 Å². The molecule has 2 amide bonds. The monoisotopic (exact) mass is 435 g/mol. The molecule has 168 valence electrons. The van der Waals surface area contributed by atoms with Crippen LogP contribution >= 0.6 is 0 Å². The maximum atomic E-state index is 13.4. The molecule has 2 aromatic heterocycles. The maximum Gasteiger partial charge on any atom is 0.322 e. The fraction of sp³-hybridized carbons (Fsp3) is 0.522. The summed E-state index contributed by atoms with van der Waals surface area (Å²) in [5, 5.41) is 16.0. The predicted octanol–water partition coefficient (Wildman–Crippen LogP) is 4.29. The van der Waals surface area contributed by atoms with E-state index >= 15 is 0 Å². The average molecular weight is 436 g/mol. The van der Waals surface area contributed by atoms with Gasteiger partial charge >= 0.3 is 6.03 Å². The van der Waals surface area contributed by atoms with Gasteiger partial charge < -0.3 is 19.3 Å². The van der Waals surface area contributed by atoms with Crippen LogP contribution in [0.1, 0.15) is 68.1 Å². The zero-order chi connectivity index (χ0) is 22.1. The number of anilines is 1. The topological polar surface area (TPSA) is 102 Å². The number of fused-ring (bicyclic) bond motifs is 1. The largest absolute Gasteiger partial charge is 0.334 e. The average Bonchev–Trinajstić information content (AvgIpc) is 3.48. The Hall–Kier alpha value is -3.23. The van der Waals surface area contributed by atoms with Crippen LogP contribution in [0.4, 0.5) is 10.5 Å². The van der Waals surface area contributed by atoms with Crippen molar-refractivity contribution in [2.45, 2.75) is 71.4 Å². The Morgan fingerprint density at radius 3 is 2.91 bits per heavy atom. The van der Waals surface area contributed by atoms with Crippen LogP contribution in [-0.2, 0) is 19.4 Å². The van der Waals surface area contributed by atoms with E-state index in [1.54, 1.807) is 0 Å². The number of hydrogen-bond acceptors (Lipinski definition) is 6. The molecule has 0 bridgehead atoms. The van der Waals surface area contributed by atoms with Gasteiger partial charge in [-0.1, -0.05) is 18.1 Å². The molecule has 0 aliphatic carbocycles. The normalized spacial score (nSPS) is 18.4. The second-order valence-electron chi connectivity index (χ2n) is 8.62. The van der Waals surface area contributed by atoms with Crippen molar-refractivity contribution < 1.29 is 9.32 Å². The summed E-state index contributed by atoms with van der Waals surface area (Å²) in [7, 11) is 0. The number of likely N-dealkylation sites (tertiary alicyclic amines) is 1. The molecule has 4 heterocycles. The third-order valence-corrected chi connectivity index (χ3v) is 6.46. The molecule has 0 saturated carbocycles. The number of urea groups is 1. The summed E-state index contributed by atoms with van der Waals surface area (Å²) in [5.74, 6) is 3.10.